The normalized spacial score (nSPS) is 10.8. The number of nitrogens with zero attached hydrogens (tertiary/aromatic N) is 3. The number of carbonyl (C=O) groups is 1. The lowest BCUT2D eigenvalue weighted by Gasteiger charge is -2.12. The Morgan fingerprint density at radius 1 is 1.00 bits per heavy atom. The van der Waals surface area contributed by atoms with E-state index in [1.165, 1.54) is 11.8 Å². The maximum absolute atomic E-state index is 12.6. The van der Waals surface area contributed by atoms with Crippen LogP contribution >= 0.6 is 35.0 Å². The molecule has 1 N–H and O–H groups in total. The van der Waals surface area contributed by atoms with Gasteiger partial charge in [0.2, 0.25) is 5.91 Å². The number of halogens is 2. The number of carbonyl (C=O) groups excluding carboxylic acids is 1. The Bertz CT molecular complexity index is 1250. The second kappa shape index (κ2) is 10.7. The highest BCUT2D eigenvalue weighted by molar-refractivity contribution is 7.99. The largest absolute Gasteiger partial charge is 0.497 e. The molecule has 0 aliphatic rings. The van der Waals surface area contributed by atoms with Gasteiger partial charge in [-0.05, 0) is 42.0 Å². The van der Waals surface area contributed by atoms with Gasteiger partial charge >= 0.3 is 0 Å². The zero-order valence-corrected chi connectivity index (χ0v) is 20.0. The highest BCUT2D eigenvalue weighted by atomic mass is 35.5. The summed E-state index contributed by atoms with van der Waals surface area (Å²) in [5.74, 6) is 1.43. The zero-order chi connectivity index (χ0) is 23.2. The van der Waals surface area contributed by atoms with E-state index in [2.05, 4.69) is 15.5 Å². The van der Waals surface area contributed by atoms with Gasteiger partial charge in [0, 0.05) is 12.1 Å². The maximum Gasteiger partial charge on any atom is 0.234 e. The highest BCUT2D eigenvalue weighted by Gasteiger charge is 2.17. The van der Waals surface area contributed by atoms with Crippen molar-refractivity contribution in [3.8, 4) is 11.4 Å². The summed E-state index contributed by atoms with van der Waals surface area (Å²) in [7, 11) is 1.63. The number of nitrogens with one attached hydrogen (secondary N) is 1. The molecule has 3 aromatic carbocycles. The average molecular weight is 499 g/mol. The predicted octanol–water partition coefficient (Wildman–Crippen LogP) is 5.90. The number of amides is 1. The third-order valence-corrected chi connectivity index (χ3v) is 6.54. The number of benzene rings is 3. The number of hydrogen-bond acceptors (Lipinski definition) is 5. The summed E-state index contributed by atoms with van der Waals surface area (Å²) in [6, 6.07) is 22.8. The number of anilines is 1. The van der Waals surface area contributed by atoms with E-state index in [9.17, 15) is 4.79 Å². The topological polar surface area (TPSA) is 69.0 Å². The van der Waals surface area contributed by atoms with Crippen molar-refractivity contribution in [3.05, 3.63) is 94.2 Å². The molecule has 33 heavy (non-hydrogen) atoms. The van der Waals surface area contributed by atoms with E-state index in [4.69, 9.17) is 27.9 Å². The van der Waals surface area contributed by atoms with Gasteiger partial charge in [-0.25, -0.2) is 0 Å². The van der Waals surface area contributed by atoms with Crippen LogP contribution in [-0.2, 0) is 11.2 Å². The van der Waals surface area contributed by atoms with Crippen LogP contribution in [0.3, 0.4) is 0 Å². The molecule has 0 saturated heterocycles. The van der Waals surface area contributed by atoms with Crippen molar-refractivity contribution in [2.24, 2.45) is 0 Å². The smallest absolute Gasteiger partial charge is 0.234 e. The van der Waals surface area contributed by atoms with Crippen LogP contribution in [0, 0.1) is 0 Å². The summed E-state index contributed by atoms with van der Waals surface area (Å²) in [5.41, 5.74) is 2.47. The van der Waals surface area contributed by atoms with E-state index in [1.54, 1.807) is 25.3 Å². The number of methoxy groups -OCH3 is 1. The Hall–Kier alpha value is -3.00. The van der Waals surface area contributed by atoms with Gasteiger partial charge in [-0.1, -0.05) is 71.4 Å². The molecule has 0 fully saturated rings. The van der Waals surface area contributed by atoms with E-state index >= 15 is 0 Å². The molecule has 0 aliphatic heterocycles. The molecule has 0 atom stereocenters. The van der Waals surface area contributed by atoms with Crippen LogP contribution in [0.1, 0.15) is 11.4 Å². The Kier molecular flexibility index (Phi) is 7.54. The summed E-state index contributed by atoms with van der Waals surface area (Å²) >= 11 is 13.5. The minimum Gasteiger partial charge on any atom is -0.497 e. The SMILES string of the molecule is COc1ccc(-n2c(Cc3ccccc3)nnc2SCC(=O)Nc2cccc(Cl)c2Cl)cc1. The molecular weight excluding hydrogens is 479 g/mol. The van der Waals surface area contributed by atoms with Crippen molar-refractivity contribution in [1.82, 2.24) is 14.8 Å². The minimum atomic E-state index is -0.224. The van der Waals surface area contributed by atoms with Gasteiger partial charge in [0.15, 0.2) is 5.16 Å². The molecule has 4 rings (SSSR count). The van der Waals surface area contributed by atoms with Crippen LogP contribution in [0.4, 0.5) is 5.69 Å². The molecule has 6 nitrogen and oxygen atoms in total. The van der Waals surface area contributed by atoms with Gasteiger partial charge in [-0.3, -0.25) is 9.36 Å². The molecule has 1 heterocycles. The molecular formula is C24H20Cl2N4O2S. The minimum absolute atomic E-state index is 0.127. The molecule has 0 unspecified atom stereocenters. The monoisotopic (exact) mass is 498 g/mol. The zero-order valence-electron chi connectivity index (χ0n) is 17.7. The fourth-order valence-electron chi connectivity index (χ4n) is 3.19. The van der Waals surface area contributed by atoms with Crippen molar-refractivity contribution in [2.75, 3.05) is 18.2 Å². The summed E-state index contributed by atoms with van der Waals surface area (Å²) in [5, 5.41) is 12.9. The molecule has 1 amide bonds. The van der Waals surface area contributed by atoms with E-state index in [0.717, 1.165) is 22.8 Å². The summed E-state index contributed by atoms with van der Waals surface area (Å²) in [4.78, 5) is 12.6. The lowest BCUT2D eigenvalue weighted by Crippen LogP contribution is -2.15. The molecule has 0 saturated carbocycles. The van der Waals surface area contributed by atoms with Crippen molar-refractivity contribution in [1.29, 1.82) is 0 Å². The molecule has 1 aromatic heterocycles. The summed E-state index contributed by atoms with van der Waals surface area (Å²) < 4.78 is 7.23. The Labute approximate surface area is 205 Å². The molecule has 0 radical (unpaired) electrons. The fraction of sp³-hybridized carbons (Fsp3) is 0.125. The average Bonchev–Trinajstić information content (AvgIpc) is 3.23. The number of aromatic nitrogens is 3. The van der Waals surface area contributed by atoms with Gasteiger partial charge < -0.3 is 10.1 Å². The van der Waals surface area contributed by atoms with Crippen LogP contribution in [0.5, 0.6) is 5.75 Å². The Morgan fingerprint density at radius 2 is 1.76 bits per heavy atom. The quantitative estimate of drug-likeness (QED) is 0.306. The number of rotatable bonds is 8. The molecule has 168 valence electrons. The maximum atomic E-state index is 12.6. The van der Waals surface area contributed by atoms with Crippen LogP contribution < -0.4 is 10.1 Å². The van der Waals surface area contributed by atoms with E-state index in [-0.39, 0.29) is 11.7 Å². The van der Waals surface area contributed by atoms with Crippen molar-refractivity contribution >= 4 is 46.6 Å². The van der Waals surface area contributed by atoms with Gasteiger partial charge in [0.1, 0.15) is 11.6 Å². The number of ether oxygens (including phenoxy) is 1. The standard InChI is InChI=1S/C24H20Cl2N4O2S/c1-32-18-12-10-17(11-13-18)30-21(14-16-6-3-2-4-7-16)28-29-24(30)33-15-22(31)27-20-9-5-8-19(25)23(20)26/h2-13H,14-15H2,1H3,(H,27,31). The van der Waals surface area contributed by atoms with Gasteiger partial charge in [0.05, 0.1) is 28.6 Å². The second-order valence-corrected chi connectivity index (χ2v) is 8.76. The first-order valence-corrected chi connectivity index (χ1v) is 11.8. The third kappa shape index (κ3) is 5.68. The van der Waals surface area contributed by atoms with Crippen LogP contribution in [0.2, 0.25) is 10.0 Å². The van der Waals surface area contributed by atoms with Crippen LogP contribution in [0.15, 0.2) is 78.0 Å². The first kappa shape index (κ1) is 23.2. The Morgan fingerprint density at radius 3 is 2.48 bits per heavy atom. The summed E-state index contributed by atoms with van der Waals surface area (Å²) in [6.45, 7) is 0. The van der Waals surface area contributed by atoms with E-state index in [1.807, 2.05) is 59.2 Å². The van der Waals surface area contributed by atoms with E-state index in [0.29, 0.717) is 27.3 Å². The molecule has 0 spiro atoms. The summed E-state index contributed by atoms with van der Waals surface area (Å²) in [6.07, 6.45) is 0.602. The molecule has 9 heteroatoms. The van der Waals surface area contributed by atoms with Gasteiger partial charge in [0.25, 0.3) is 0 Å². The second-order valence-electron chi connectivity index (χ2n) is 7.03. The van der Waals surface area contributed by atoms with Crippen molar-refractivity contribution in [2.45, 2.75) is 11.6 Å². The number of thioether (sulfide) groups is 1. The van der Waals surface area contributed by atoms with Crippen molar-refractivity contribution in [3.63, 3.8) is 0 Å². The van der Waals surface area contributed by atoms with E-state index < -0.39 is 0 Å². The predicted molar refractivity (Wildman–Crippen MR) is 133 cm³/mol. The van der Waals surface area contributed by atoms with Crippen LogP contribution in [0.25, 0.3) is 5.69 Å². The number of hydrogen-bond donors (Lipinski definition) is 1. The molecule has 4 aromatic rings. The lowest BCUT2D eigenvalue weighted by atomic mass is 10.1. The van der Waals surface area contributed by atoms with Gasteiger partial charge in [-0.15, -0.1) is 10.2 Å². The third-order valence-electron chi connectivity index (χ3n) is 4.79. The first-order valence-electron chi connectivity index (χ1n) is 10.0. The van der Waals surface area contributed by atoms with Crippen LogP contribution in [-0.4, -0.2) is 33.5 Å². The Balaban J connectivity index is 1.56. The fourth-order valence-corrected chi connectivity index (χ4v) is 4.31. The van der Waals surface area contributed by atoms with Gasteiger partial charge in [-0.2, -0.15) is 0 Å². The highest BCUT2D eigenvalue weighted by Crippen LogP contribution is 2.30. The first-order chi connectivity index (χ1) is 16.0. The molecule has 0 bridgehead atoms. The van der Waals surface area contributed by atoms with Crippen molar-refractivity contribution < 1.29 is 9.53 Å². The molecule has 0 aliphatic carbocycles. The lowest BCUT2D eigenvalue weighted by molar-refractivity contribution is -0.113.